The summed E-state index contributed by atoms with van der Waals surface area (Å²) in [4.78, 5) is 4.24. The van der Waals surface area contributed by atoms with Gasteiger partial charge in [-0.1, -0.05) is 38.1 Å². The Morgan fingerprint density at radius 2 is 1.80 bits per heavy atom. The number of hydrogen-bond acceptors (Lipinski definition) is 4. The first-order chi connectivity index (χ1) is 9.55. The van der Waals surface area contributed by atoms with Crippen molar-refractivity contribution in [1.82, 2.24) is 14.8 Å². The Morgan fingerprint density at radius 1 is 1.15 bits per heavy atom. The van der Waals surface area contributed by atoms with Gasteiger partial charge in [-0.15, -0.1) is 0 Å². The normalized spacial score (nSPS) is 18.2. The predicted octanol–water partition coefficient (Wildman–Crippen LogP) is 1.25. The number of hydrogen-bond donors (Lipinski definition) is 0. The molecule has 1 aromatic heterocycles. The van der Waals surface area contributed by atoms with Gasteiger partial charge in [0.1, 0.15) is 6.33 Å². The highest BCUT2D eigenvalue weighted by Gasteiger charge is 2.33. The van der Waals surface area contributed by atoms with Crippen LogP contribution in [-0.2, 0) is 16.4 Å². The summed E-state index contributed by atoms with van der Waals surface area (Å²) in [5.74, 6) is 0.850. The van der Waals surface area contributed by atoms with Gasteiger partial charge in [-0.2, -0.15) is 5.10 Å². The number of rotatable bonds is 2. The quantitative estimate of drug-likeness (QED) is 0.771. The molecule has 0 N–H and O–H groups in total. The van der Waals surface area contributed by atoms with Crippen LogP contribution in [0.25, 0.3) is 11.4 Å². The van der Waals surface area contributed by atoms with Crippen LogP contribution in [0.15, 0.2) is 30.6 Å². The second-order valence-electron chi connectivity index (χ2n) is 5.95. The van der Waals surface area contributed by atoms with Crippen LogP contribution in [0.3, 0.4) is 0 Å². The van der Waals surface area contributed by atoms with Crippen LogP contribution in [0.2, 0.25) is 0 Å². The third-order valence-corrected chi connectivity index (χ3v) is 3.40. The zero-order chi connectivity index (χ0) is 14.2. The van der Waals surface area contributed by atoms with E-state index >= 15 is 0 Å². The summed E-state index contributed by atoms with van der Waals surface area (Å²) >= 11 is 0. The van der Waals surface area contributed by atoms with E-state index in [1.807, 2.05) is 31.3 Å². The van der Waals surface area contributed by atoms with Gasteiger partial charge in [-0.3, -0.25) is 0 Å². The lowest BCUT2D eigenvalue weighted by atomic mass is 9.75. The molecular weight excluding hydrogens is 253 g/mol. The third-order valence-electron chi connectivity index (χ3n) is 3.40. The van der Waals surface area contributed by atoms with Gasteiger partial charge in [0.15, 0.2) is 5.82 Å². The molecule has 104 valence electrons. The van der Waals surface area contributed by atoms with Crippen molar-refractivity contribution in [3.05, 3.63) is 30.6 Å². The zero-order valence-corrected chi connectivity index (χ0v) is 12.0. The van der Waals surface area contributed by atoms with Crippen LogP contribution >= 0.6 is 0 Å². The first kappa shape index (κ1) is 13.3. The number of benzene rings is 1. The molecule has 0 bridgehead atoms. The monoisotopic (exact) mass is 271 g/mol. The minimum absolute atomic E-state index is 0.0923. The van der Waals surface area contributed by atoms with Crippen molar-refractivity contribution in [3.8, 4) is 11.4 Å². The Hall–Kier alpha value is -1.66. The second-order valence-corrected chi connectivity index (χ2v) is 5.95. The number of aryl methyl sites for hydroxylation is 1. The highest BCUT2D eigenvalue weighted by atomic mass is 16.6. The van der Waals surface area contributed by atoms with E-state index in [-0.39, 0.29) is 12.5 Å². The van der Waals surface area contributed by atoms with E-state index in [0.29, 0.717) is 13.2 Å². The molecule has 0 saturated carbocycles. The van der Waals surface area contributed by atoms with E-state index in [0.717, 1.165) is 16.9 Å². The van der Waals surface area contributed by atoms with E-state index in [2.05, 4.69) is 23.9 Å². The first-order valence-electron chi connectivity index (χ1n) is 6.73. The summed E-state index contributed by atoms with van der Waals surface area (Å²) in [5.41, 5.74) is 2.16. The second kappa shape index (κ2) is 5.03. The molecule has 3 rings (SSSR count). The van der Waals surface area contributed by atoms with E-state index < -0.39 is 0 Å². The Morgan fingerprint density at radius 3 is 2.35 bits per heavy atom. The average Bonchev–Trinajstić information content (AvgIpc) is 2.85. The van der Waals surface area contributed by atoms with Crippen molar-refractivity contribution >= 4 is 12.6 Å². The molecule has 6 heteroatoms. The van der Waals surface area contributed by atoms with Gasteiger partial charge in [-0.25, -0.2) is 9.67 Å². The maximum Gasteiger partial charge on any atom is 0.493 e. The number of aromatic nitrogens is 3. The molecule has 0 unspecified atom stereocenters. The van der Waals surface area contributed by atoms with Gasteiger partial charge in [0.2, 0.25) is 0 Å². The summed E-state index contributed by atoms with van der Waals surface area (Å²) in [7, 11) is 1.61. The molecule has 0 atom stereocenters. The van der Waals surface area contributed by atoms with Crippen LogP contribution in [0.5, 0.6) is 0 Å². The van der Waals surface area contributed by atoms with E-state index in [1.165, 1.54) is 0 Å². The van der Waals surface area contributed by atoms with Crippen molar-refractivity contribution in [2.75, 3.05) is 13.2 Å². The lowest BCUT2D eigenvalue weighted by Gasteiger charge is -2.33. The zero-order valence-electron chi connectivity index (χ0n) is 12.0. The molecule has 0 spiro atoms. The number of nitrogens with zero attached hydrogens (tertiary/aromatic N) is 3. The summed E-state index contributed by atoms with van der Waals surface area (Å²) < 4.78 is 13.3. The predicted molar refractivity (Wildman–Crippen MR) is 77.5 cm³/mol. The molecule has 0 radical (unpaired) electrons. The molecule has 1 aromatic carbocycles. The van der Waals surface area contributed by atoms with Crippen molar-refractivity contribution in [1.29, 1.82) is 0 Å². The Kier molecular flexibility index (Phi) is 3.35. The van der Waals surface area contributed by atoms with E-state index in [4.69, 9.17) is 9.31 Å². The third kappa shape index (κ3) is 2.62. The van der Waals surface area contributed by atoms with Crippen molar-refractivity contribution in [2.24, 2.45) is 12.5 Å². The smallest absolute Gasteiger partial charge is 0.407 e. The Bertz CT molecular complexity index is 585. The lowest BCUT2D eigenvalue weighted by Crippen LogP contribution is -2.47. The average molecular weight is 271 g/mol. The molecule has 1 aliphatic rings. The van der Waals surface area contributed by atoms with Crippen LogP contribution in [0.1, 0.15) is 13.8 Å². The van der Waals surface area contributed by atoms with E-state index in [9.17, 15) is 0 Å². The summed E-state index contributed by atoms with van der Waals surface area (Å²) in [6.07, 6.45) is 1.55. The molecule has 20 heavy (non-hydrogen) atoms. The van der Waals surface area contributed by atoms with Crippen LogP contribution in [0.4, 0.5) is 0 Å². The minimum Gasteiger partial charge on any atom is -0.407 e. The Balaban J connectivity index is 1.76. The SMILES string of the molecule is Cn1ncnc1-c1ccc(B2OCC(C)(C)CO2)cc1. The van der Waals surface area contributed by atoms with Crippen LogP contribution in [-0.4, -0.2) is 35.1 Å². The molecular formula is C14H18BN3O2. The summed E-state index contributed by atoms with van der Waals surface area (Å²) in [6, 6.07) is 8.08. The first-order valence-corrected chi connectivity index (χ1v) is 6.73. The fourth-order valence-electron chi connectivity index (χ4n) is 2.23. The van der Waals surface area contributed by atoms with Crippen LogP contribution in [0, 0.1) is 5.41 Å². The largest absolute Gasteiger partial charge is 0.493 e. The highest BCUT2D eigenvalue weighted by molar-refractivity contribution is 6.61. The van der Waals surface area contributed by atoms with Gasteiger partial charge >= 0.3 is 7.12 Å². The Labute approximate surface area is 119 Å². The molecule has 1 saturated heterocycles. The lowest BCUT2D eigenvalue weighted by molar-refractivity contribution is 0.0343. The highest BCUT2D eigenvalue weighted by Crippen LogP contribution is 2.21. The maximum absolute atomic E-state index is 5.78. The van der Waals surface area contributed by atoms with Gasteiger partial charge in [0.25, 0.3) is 0 Å². The van der Waals surface area contributed by atoms with E-state index in [1.54, 1.807) is 11.0 Å². The fourth-order valence-corrected chi connectivity index (χ4v) is 2.23. The summed E-state index contributed by atoms with van der Waals surface area (Å²) in [6.45, 7) is 5.70. The summed E-state index contributed by atoms with van der Waals surface area (Å²) in [5, 5.41) is 4.08. The minimum atomic E-state index is -0.267. The molecule has 5 nitrogen and oxygen atoms in total. The topological polar surface area (TPSA) is 49.2 Å². The molecule has 2 aromatic rings. The maximum atomic E-state index is 5.78. The molecule has 1 aliphatic heterocycles. The van der Waals surface area contributed by atoms with Gasteiger partial charge in [-0.05, 0) is 5.46 Å². The molecule has 0 aliphatic carbocycles. The molecule has 0 amide bonds. The van der Waals surface area contributed by atoms with Gasteiger partial charge in [0, 0.05) is 31.2 Å². The van der Waals surface area contributed by atoms with Crippen LogP contribution < -0.4 is 5.46 Å². The molecule has 2 heterocycles. The van der Waals surface area contributed by atoms with Gasteiger partial charge in [0.05, 0.1) is 0 Å². The van der Waals surface area contributed by atoms with Crippen molar-refractivity contribution in [3.63, 3.8) is 0 Å². The fraction of sp³-hybridized carbons (Fsp3) is 0.429. The van der Waals surface area contributed by atoms with Gasteiger partial charge < -0.3 is 9.31 Å². The van der Waals surface area contributed by atoms with Crippen molar-refractivity contribution < 1.29 is 9.31 Å². The van der Waals surface area contributed by atoms with Crippen molar-refractivity contribution in [2.45, 2.75) is 13.8 Å². The molecule has 1 fully saturated rings. The standard InChI is InChI=1S/C14H18BN3O2/c1-14(2)8-19-15(20-9-14)12-6-4-11(5-7-12)13-16-10-17-18(13)3/h4-7,10H,8-9H2,1-3H3.